The first kappa shape index (κ1) is 16.4. The highest BCUT2D eigenvalue weighted by Crippen LogP contribution is 2.13. The molecule has 0 fully saturated rings. The topological polar surface area (TPSA) is 54.8 Å². The van der Waals surface area contributed by atoms with Crippen LogP contribution in [0.25, 0.3) is 0 Å². The number of pyridine rings is 1. The summed E-state index contributed by atoms with van der Waals surface area (Å²) in [6.07, 6.45) is 5.35. The maximum atomic E-state index is 5.89. The summed E-state index contributed by atoms with van der Waals surface area (Å²) in [4.78, 5) is 4.26. The molecule has 0 spiro atoms. The summed E-state index contributed by atoms with van der Waals surface area (Å²) in [7, 11) is 0. The number of halogens is 1. The fourth-order valence-electron chi connectivity index (χ4n) is 2.18. The van der Waals surface area contributed by atoms with Crippen LogP contribution in [-0.2, 0) is 6.54 Å². The molecule has 0 bridgehead atoms. The fraction of sp³-hybridized carbons (Fsp3) is 0.118. The van der Waals surface area contributed by atoms with E-state index in [1.807, 2.05) is 54.2 Å². The molecule has 2 N–H and O–H groups in total. The molecule has 0 aliphatic carbocycles. The van der Waals surface area contributed by atoms with Gasteiger partial charge in [0.15, 0.2) is 5.11 Å². The largest absolute Gasteiger partial charge is 0.330 e. The van der Waals surface area contributed by atoms with Crippen molar-refractivity contribution < 1.29 is 0 Å². The molecule has 0 radical (unpaired) electrons. The van der Waals surface area contributed by atoms with Crippen LogP contribution < -0.4 is 10.6 Å². The van der Waals surface area contributed by atoms with Crippen LogP contribution in [0, 0.1) is 6.92 Å². The normalized spacial score (nSPS) is 10.4. The first-order valence-electron chi connectivity index (χ1n) is 7.37. The van der Waals surface area contributed by atoms with Gasteiger partial charge < -0.3 is 10.6 Å². The third-order valence-electron chi connectivity index (χ3n) is 3.39. The van der Waals surface area contributed by atoms with Crippen LogP contribution in [-0.4, -0.2) is 19.9 Å². The number of benzene rings is 1. The van der Waals surface area contributed by atoms with Crippen molar-refractivity contribution in [3.63, 3.8) is 0 Å². The maximum Gasteiger partial charge on any atom is 0.176 e. The van der Waals surface area contributed by atoms with Gasteiger partial charge in [-0.25, -0.2) is 4.98 Å². The van der Waals surface area contributed by atoms with Crippen LogP contribution in [0.2, 0.25) is 5.02 Å². The molecule has 0 aliphatic heterocycles. The molecule has 3 rings (SSSR count). The third-order valence-corrected chi connectivity index (χ3v) is 3.85. The van der Waals surface area contributed by atoms with Gasteiger partial charge in [-0.05, 0) is 48.5 Å². The Kier molecular flexibility index (Phi) is 5.08. The van der Waals surface area contributed by atoms with Gasteiger partial charge in [-0.3, -0.25) is 4.68 Å². The Morgan fingerprint density at radius 1 is 1.21 bits per heavy atom. The number of anilines is 2. The van der Waals surface area contributed by atoms with Crippen molar-refractivity contribution >= 4 is 40.4 Å². The lowest BCUT2D eigenvalue weighted by molar-refractivity contribution is 0.687. The number of nitrogens with one attached hydrogen (secondary N) is 2. The van der Waals surface area contributed by atoms with Gasteiger partial charge in [0, 0.05) is 17.4 Å². The monoisotopic (exact) mass is 357 g/mol. The SMILES string of the molecule is Cc1cccnc1NC(=S)Nc1cnn(Cc2ccc(Cl)cc2)c1. The number of thiocarbonyl (C=S) groups is 1. The Bertz CT molecular complexity index is 844. The average molecular weight is 358 g/mol. The number of hydrogen-bond donors (Lipinski definition) is 2. The highest BCUT2D eigenvalue weighted by molar-refractivity contribution is 7.80. The van der Waals surface area contributed by atoms with Crippen molar-refractivity contribution in [1.29, 1.82) is 0 Å². The van der Waals surface area contributed by atoms with Crippen molar-refractivity contribution in [2.24, 2.45) is 0 Å². The van der Waals surface area contributed by atoms with E-state index in [0.717, 1.165) is 27.7 Å². The predicted molar refractivity (Wildman–Crippen MR) is 102 cm³/mol. The minimum Gasteiger partial charge on any atom is -0.330 e. The van der Waals surface area contributed by atoms with Gasteiger partial charge >= 0.3 is 0 Å². The number of aryl methyl sites for hydroxylation is 1. The van der Waals surface area contributed by atoms with E-state index in [9.17, 15) is 0 Å². The summed E-state index contributed by atoms with van der Waals surface area (Å²) in [5.41, 5.74) is 2.97. The predicted octanol–water partition coefficient (Wildman–Crippen LogP) is 4.10. The van der Waals surface area contributed by atoms with Crippen molar-refractivity contribution in [2.75, 3.05) is 10.6 Å². The van der Waals surface area contributed by atoms with Crippen molar-refractivity contribution in [3.8, 4) is 0 Å². The summed E-state index contributed by atoms with van der Waals surface area (Å²) >= 11 is 11.2. The first-order chi connectivity index (χ1) is 11.6. The highest BCUT2D eigenvalue weighted by atomic mass is 35.5. The summed E-state index contributed by atoms with van der Waals surface area (Å²) in [5, 5.41) is 11.7. The van der Waals surface area contributed by atoms with Crippen LogP contribution >= 0.6 is 23.8 Å². The van der Waals surface area contributed by atoms with Crippen molar-refractivity contribution in [3.05, 3.63) is 71.1 Å². The lowest BCUT2D eigenvalue weighted by Gasteiger charge is -2.09. The smallest absolute Gasteiger partial charge is 0.176 e. The lowest BCUT2D eigenvalue weighted by atomic mass is 10.2. The number of nitrogens with zero attached hydrogens (tertiary/aromatic N) is 3. The molecule has 2 aromatic heterocycles. The number of hydrogen-bond acceptors (Lipinski definition) is 3. The fourth-order valence-corrected chi connectivity index (χ4v) is 2.52. The summed E-state index contributed by atoms with van der Waals surface area (Å²) in [5.74, 6) is 0.739. The molecule has 7 heteroatoms. The van der Waals surface area contributed by atoms with Crippen LogP contribution in [0.1, 0.15) is 11.1 Å². The molecule has 0 unspecified atom stereocenters. The zero-order valence-electron chi connectivity index (χ0n) is 13.0. The van der Waals surface area contributed by atoms with E-state index in [-0.39, 0.29) is 0 Å². The summed E-state index contributed by atoms with van der Waals surface area (Å²) in [6.45, 7) is 2.64. The Hall–Kier alpha value is -2.44. The Balaban J connectivity index is 1.60. The quantitative estimate of drug-likeness (QED) is 0.688. The Morgan fingerprint density at radius 3 is 2.75 bits per heavy atom. The van der Waals surface area contributed by atoms with Crippen molar-refractivity contribution in [2.45, 2.75) is 13.5 Å². The van der Waals surface area contributed by atoms with Crippen LogP contribution in [0.15, 0.2) is 55.0 Å². The molecule has 0 saturated heterocycles. The van der Waals surface area contributed by atoms with Gasteiger partial charge in [0.1, 0.15) is 5.82 Å². The zero-order chi connectivity index (χ0) is 16.9. The van der Waals surface area contributed by atoms with E-state index in [4.69, 9.17) is 23.8 Å². The maximum absolute atomic E-state index is 5.89. The van der Waals surface area contributed by atoms with E-state index in [1.165, 1.54) is 0 Å². The molecule has 122 valence electrons. The number of aromatic nitrogens is 3. The second-order valence-corrected chi connectivity index (χ2v) is 6.15. The summed E-state index contributed by atoms with van der Waals surface area (Å²) < 4.78 is 1.83. The molecule has 3 aromatic rings. The van der Waals surface area contributed by atoms with Gasteiger partial charge in [-0.1, -0.05) is 29.8 Å². The molecule has 24 heavy (non-hydrogen) atoms. The molecule has 0 saturated carbocycles. The van der Waals surface area contributed by atoms with Gasteiger partial charge in [-0.2, -0.15) is 5.10 Å². The van der Waals surface area contributed by atoms with E-state index in [0.29, 0.717) is 11.7 Å². The van der Waals surface area contributed by atoms with E-state index in [2.05, 4.69) is 20.7 Å². The molecule has 0 aliphatic rings. The number of rotatable bonds is 4. The average Bonchev–Trinajstić information content (AvgIpc) is 2.99. The van der Waals surface area contributed by atoms with E-state index >= 15 is 0 Å². The highest BCUT2D eigenvalue weighted by Gasteiger charge is 2.05. The molecule has 1 aromatic carbocycles. The summed E-state index contributed by atoms with van der Waals surface area (Å²) in [6, 6.07) is 11.6. The second-order valence-electron chi connectivity index (χ2n) is 5.30. The zero-order valence-corrected chi connectivity index (χ0v) is 14.6. The molecular formula is C17H16ClN5S. The second kappa shape index (κ2) is 7.42. The molecule has 0 amide bonds. The third kappa shape index (κ3) is 4.31. The lowest BCUT2D eigenvalue weighted by Crippen LogP contribution is -2.20. The molecule has 2 heterocycles. The van der Waals surface area contributed by atoms with Gasteiger partial charge in [-0.15, -0.1) is 0 Å². The Labute approximate surface area is 150 Å². The van der Waals surface area contributed by atoms with Crippen LogP contribution in [0.4, 0.5) is 11.5 Å². The standard InChI is InChI=1S/C17H16ClN5S/c1-12-3-2-8-19-16(12)22-17(24)21-15-9-20-23(11-15)10-13-4-6-14(18)7-5-13/h2-9,11H,10H2,1H3,(H2,19,21,22,24). The van der Waals surface area contributed by atoms with E-state index in [1.54, 1.807) is 12.4 Å². The Morgan fingerprint density at radius 2 is 2.00 bits per heavy atom. The molecular weight excluding hydrogens is 342 g/mol. The van der Waals surface area contributed by atoms with Crippen molar-refractivity contribution in [1.82, 2.24) is 14.8 Å². The minimum atomic E-state index is 0.475. The molecule has 5 nitrogen and oxygen atoms in total. The minimum absolute atomic E-state index is 0.475. The molecule has 0 atom stereocenters. The van der Waals surface area contributed by atoms with Crippen LogP contribution in [0.3, 0.4) is 0 Å². The van der Waals surface area contributed by atoms with Gasteiger partial charge in [0.25, 0.3) is 0 Å². The van der Waals surface area contributed by atoms with Crippen LogP contribution in [0.5, 0.6) is 0 Å². The first-order valence-corrected chi connectivity index (χ1v) is 8.15. The van der Waals surface area contributed by atoms with E-state index < -0.39 is 0 Å². The van der Waals surface area contributed by atoms with Gasteiger partial charge in [0.05, 0.1) is 18.4 Å². The van der Waals surface area contributed by atoms with Gasteiger partial charge in [0.2, 0.25) is 0 Å².